The number of nitrogens with zero attached hydrogens (tertiary/aromatic N) is 2. The summed E-state index contributed by atoms with van der Waals surface area (Å²) in [5.74, 6) is 0.132. The Morgan fingerprint density at radius 1 is 1.28 bits per heavy atom. The van der Waals surface area contributed by atoms with Crippen LogP contribution in [0.1, 0.15) is 52.4 Å². The lowest BCUT2D eigenvalue weighted by molar-refractivity contribution is -0.138. The number of amides is 2. The molecule has 2 aliphatic heterocycles. The summed E-state index contributed by atoms with van der Waals surface area (Å²) in [5, 5.41) is 0. The molecule has 6 nitrogen and oxygen atoms in total. The molecule has 1 unspecified atom stereocenters. The first kappa shape index (κ1) is 22.2. The summed E-state index contributed by atoms with van der Waals surface area (Å²) in [5.41, 5.74) is 5.48. The summed E-state index contributed by atoms with van der Waals surface area (Å²) >= 11 is 0. The lowest BCUT2D eigenvalue weighted by atomic mass is 10.0. The first-order valence-electron chi connectivity index (χ1n) is 9.50. The molecule has 0 radical (unpaired) electrons. The monoisotopic (exact) mass is 375 g/mol. The number of ether oxygens (including phenoxy) is 1. The van der Waals surface area contributed by atoms with Crippen molar-refractivity contribution in [3.8, 4) is 0 Å². The fraction of sp³-hybridized carbons (Fsp3) is 0.889. The molecule has 2 heterocycles. The number of hydrogen-bond acceptors (Lipinski definition) is 4. The van der Waals surface area contributed by atoms with E-state index in [0.717, 1.165) is 45.2 Å². The minimum atomic E-state index is -0.159. The zero-order valence-corrected chi connectivity index (χ0v) is 16.4. The van der Waals surface area contributed by atoms with Crippen LogP contribution in [-0.4, -0.2) is 66.5 Å². The number of piperidine rings is 1. The number of nitrogens with two attached hydrogens (primary N) is 1. The molecule has 7 heteroatoms. The molecule has 0 saturated carbocycles. The summed E-state index contributed by atoms with van der Waals surface area (Å²) in [4.78, 5) is 28.9. The first-order chi connectivity index (χ1) is 11.6. The van der Waals surface area contributed by atoms with Crippen molar-refractivity contribution in [3.05, 3.63) is 0 Å². The molecule has 2 aliphatic rings. The van der Waals surface area contributed by atoms with Gasteiger partial charge in [0.15, 0.2) is 0 Å². The van der Waals surface area contributed by atoms with Crippen molar-refractivity contribution >= 4 is 24.2 Å². The van der Waals surface area contributed by atoms with Gasteiger partial charge in [0.05, 0.1) is 12.0 Å². The lowest BCUT2D eigenvalue weighted by Crippen LogP contribution is -2.44. The van der Waals surface area contributed by atoms with Crippen LogP contribution in [-0.2, 0) is 14.3 Å². The second-order valence-electron chi connectivity index (χ2n) is 6.96. The van der Waals surface area contributed by atoms with Gasteiger partial charge in [0.2, 0.25) is 11.8 Å². The number of carbonyl (C=O) groups is 2. The van der Waals surface area contributed by atoms with Crippen molar-refractivity contribution in [1.29, 1.82) is 0 Å². The summed E-state index contributed by atoms with van der Waals surface area (Å²) < 4.78 is 5.79. The van der Waals surface area contributed by atoms with Crippen molar-refractivity contribution in [1.82, 2.24) is 9.80 Å². The molecule has 1 atom stereocenters. The van der Waals surface area contributed by atoms with Gasteiger partial charge in [0.1, 0.15) is 0 Å². The van der Waals surface area contributed by atoms with Gasteiger partial charge in [-0.15, -0.1) is 12.4 Å². The smallest absolute Gasteiger partial charge is 0.227 e. The third-order valence-corrected chi connectivity index (χ3v) is 5.35. The van der Waals surface area contributed by atoms with Crippen molar-refractivity contribution < 1.29 is 14.3 Å². The molecule has 2 amide bonds. The fourth-order valence-electron chi connectivity index (χ4n) is 3.81. The second-order valence-corrected chi connectivity index (χ2v) is 6.96. The van der Waals surface area contributed by atoms with E-state index in [9.17, 15) is 9.59 Å². The van der Waals surface area contributed by atoms with E-state index in [0.29, 0.717) is 26.1 Å². The van der Waals surface area contributed by atoms with Crippen LogP contribution in [0.3, 0.4) is 0 Å². The minimum absolute atomic E-state index is 0. The van der Waals surface area contributed by atoms with Crippen molar-refractivity contribution in [2.45, 2.75) is 64.5 Å². The van der Waals surface area contributed by atoms with Crippen molar-refractivity contribution in [3.63, 3.8) is 0 Å². The SMILES string of the molecule is CCC(CC)N1CC(C(=O)N2CCC(OCCCN)CC2)CC1=O.Cl. The molecule has 0 aromatic rings. The summed E-state index contributed by atoms with van der Waals surface area (Å²) in [6.45, 7) is 7.63. The van der Waals surface area contributed by atoms with Crippen LogP contribution >= 0.6 is 12.4 Å². The summed E-state index contributed by atoms with van der Waals surface area (Å²) in [6.07, 6.45) is 5.17. The van der Waals surface area contributed by atoms with E-state index >= 15 is 0 Å². The standard InChI is InChI=1S/C18H33N3O3.ClH/c1-3-15(4-2)21-13-14(12-17(21)22)18(23)20-9-6-16(7-10-20)24-11-5-8-19;/h14-16H,3-13,19H2,1-2H3;1H. The molecule has 146 valence electrons. The zero-order chi connectivity index (χ0) is 17.5. The maximum Gasteiger partial charge on any atom is 0.227 e. The second kappa shape index (κ2) is 11.0. The average Bonchev–Trinajstić information content (AvgIpc) is 2.98. The predicted molar refractivity (Wildman–Crippen MR) is 101 cm³/mol. The number of likely N-dealkylation sites (tertiary alicyclic amines) is 2. The van der Waals surface area contributed by atoms with E-state index in [1.165, 1.54) is 0 Å². The van der Waals surface area contributed by atoms with Gasteiger partial charge in [-0.25, -0.2) is 0 Å². The Morgan fingerprint density at radius 2 is 1.92 bits per heavy atom. The number of rotatable bonds is 8. The third-order valence-electron chi connectivity index (χ3n) is 5.35. The van der Waals surface area contributed by atoms with E-state index in [-0.39, 0.29) is 42.3 Å². The van der Waals surface area contributed by atoms with Crippen molar-refractivity contribution in [2.24, 2.45) is 11.7 Å². The molecule has 0 bridgehead atoms. The highest BCUT2D eigenvalue weighted by Gasteiger charge is 2.39. The number of carbonyl (C=O) groups excluding carboxylic acids is 2. The molecule has 0 aromatic carbocycles. The highest BCUT2D eigenvalue weighted by molar-refractivity contribution is 5.89. The van der Waals surface area contributed by atoms with Gasteiger partial charge >= 0.3 is 0 Å². The van der Waals surface area contributed by atoms with Crippen LogP contribution in [0, 0.1) is 5.92 Å². The Kier molecular flexibility index (Phi) is 9.75. The zero-order valence-electron chi connectivity index (χ0n) is 15.6. The van der Waals surface area contributed by atoms with Crippen LogP contribution in [0.5, 0.6) is 0 Å². The molecule has 0 aliphatic carbocycles. The molecule has 2 N–H and O–H groups in total. The average molecular weight is 376 g/mol. The molecular weight excluding hydrogens is 342 g/mol. The van der Waals surface area contributed by atoms with Gasteiger partial charge in [-0.1, -0.05) is 13.8 Å². The molecule has 0 spiro atoms. The number of hydrogen-bond donors (Lipinski definition) is 1. The largest absolute Gasteiger partial charge is 0.378 e. The molecule has 2 rings (SSSR count). The van der Waals surface area contributed by atoms with E-state index in [1.54, 1.807) is 0 Å². The lowest BCUT2D eigenvalue weighted by Gasteiger charge is -2.33. The number of halogens is 1. The molecular formula is C18H34ClN3O3. The van der Waals surface area contributed by atoms with Gasteiger partial charge in [-0.2, -0.15) is 0 Å². The van der Waals surface area contributed by atoms with Gasteiger partial charge in [0, 0.05) is 38.7 Å². The normalized spacial score (nSPS) is 21.8. The molecule has 0 aromatic heterocycles. The van der Waals surface area contributed by atoms with Gasteiger partial charge < -0.3 is 20.3 Å². The van der Waals surface area contributed by atoms with Gasteiger partial charge in [-0.3, -0.25) is 9.59 Å². The Bertz CT molecular complexity index is 424. The molecule has 2 fully saturated rings. The van der Waals surface area contributed by atoms with Crippen molar-refractivity contribution in [2.75, 3.05) is 32.8 Å². The van der Waals surface area contributed by atoms with E-state index in [2.05, 4.69) is 13.8 Å². The summed E-state index contributed by atoms with van der Waals surface area (Å²) in [6, 6.07) is 0.275. The Balaban J connectivity index is 0.00000312. The van der Waals surface area contributed by atoms with Gasteiger partial charge in [-0.05, 0) is 38.6 Å². The quantitative estimate of drug-likeness (QED) is 0.656. The Labute approximate surface area is 157 Å². The highest BCUT2D eigenvalue weighted by atomic mass is 35.5. The maximum absolute atomic E-state index is 12.7. The van der Waals surface area contributed by atoms with Crippen LogP contribution in [0.2, 0.25) is 0 Å². The molecule has 2 saturated heterocycles. The van der Waals surface area contributed by atoms with E-state index in [4.69, 9.17) is 10.5 Å². The third kappa shape index (κ3) is 5.83. The minimum Gasteiger partial charge on any atom is -0.378 e. The summed E-state index contributed by atoms with van der Waals surface area (Å²) in [7, 11) is 0. The Hall–Kier alpha value is -0.850. The molecule has 25 heavy (non-hydrogen) atoms. The van der Waals surface area contributed by atoms with Crippen LogP contribution in [0.4, 0.5) is 0 Å². The van der Waals surface area contributed by atoms with Gasteiger partial charge in [0.25, 0.3) is 0 Å². The van der Waals surface area contributed by atoms with E-state index in [1.807, 2.05) is 9.80 Å². The highest BCUT2D eigenvalue weighted by Crippen LogP contribution is 2.26. The fourth-order valence-corrected chi connectivity index (χ4v) is 3.81. The Morgan fingerprint density at radius 3 is 2.48 bits per heavy atom. The first-order valence-corrected chi connectivity index (χ1v) is 9.50. The van der Waals surface area contributed by atoms with E-state index < -0.39 is 0 Å². The van der Waals surface area contributed by atoms with Crippen LogP contribution < -0.4 is 5.73 Å². The van der Waals surface area contributed by atoms with Crippen LogP contribution in [0.25, 0.3) is 0 Å². The predicted octanol–water partition coefficient (Wildman–Crippen LogP) is 1.80. The topological polar surface area (TPSA) is 75.9 Å². The maximum atomic E-state index is 12.7. The van der Waals surface area contributed by atoms with Crippen LogP contribution in [0.15, 0.2) is 0 Å².